The summed E-state index contributed by atoms with van der Waals surface area (Å²) in [6, 6.07) is 9.91. The number of aryl methyl sites for hydroxylation is 2. The summed E-state index contributed by atoms with van der Waals surface area (Å²) in [5.74, 6) is 2.09. The smallest absolute Gasteiger partial charge is 0.280 e. The number of rotatable bonds is 3. The molecule has 40 heavy (non-hydrogen) atoms. The summed E-state index contributed by atoms with van der Waals surface area (Å²) < 4.78 is 13.4. The van der Waals surface area contributed by atoms with Gasteiger partial charge in [0.2, 0.25) is 11.8 Å². The first-order valence-electron chi connectivity index (χ1n) is 14.2. The molecule has 5 heterocycles. The average Bonchev–Trinajstić information content (AvgIpc) is 3.61. The van der Waals surface area contributed by atoms with Gasteiger partial charge in [-0.2, -0.15) is 10.1 Å². The lowest BCUT2D eigenvalue weighted by Gasteiger charge is -2.39. The number of aromatic nitrogens is 3. The molecule has 0 unspecified atom stereocenters. The molecule has 10 heteroatoms. The summed E-state index contributed by atoms with van der Waals surface area (Å²) in [6.45, 7) is 6.81. The first kappa shape index (κ1) is 25.1. The van der Waals surface area contributed by atoms with Crippen LogP contribution < -0.4 is 20.3 Å². The lowest BCUT2D eigenvalue weighted by atomic mass is 9.97. The Hall–Kier alpha value is -3.92. The maximum Gasteiger partial charge on any atom is 0.280 e. The average molecular weight is 542 g/mol. The van der Waals surface area contributed by atoms with Crippen LogP contribution in [-0.2, 0) is 11.8 Å². The predicted octanol–water partition coefficient (Wildman–Crippen LogP) is 4.62. The van der Waals surface area contributed by atoms with E-state index in [2.05, 4.69) is 50.7 Å². The van der Waals surface area contributed by atoms with Gasteiger partial charge in [0.25, 0.3) is 5.91 Å². The Morgan fingerprint density at radius 1 is 1.12 bits per heavy atom. The summed E-state index contributed by atoms with van der Waals surface area (Å²) in [7, 11) is 1.87. The molecular formula is C30H35N7O3. The molecule has 0 spiro atoms. The first-order chi connectivity index (χ1) is 19.3. The van der Waals surface area contributed by atoms with Crippen molar-refractivity contribution < 1.29 is 14.3 Å². The van der Waals surface area contributed by atoms with E-state index in [-0.39, 0.29) is 11.4 Å². The van der Waals surface area contributed by atoms with E-state index >= 15 is 0 Å². The number of hydrogen-bond acceptors (Lipinski definition) is 8. The van der Waals surface area contributed by atoms with Crippen LogP contribution in [0.4, 0.5) is 17.1 Å². The van der Waals surface area contributed by atoms with Crippen LogP contribution in [0.2, 0.25) is 0 Å². The second-order valence-electron chi connectivity index (χ2n) is 11.8. The van der Waals surface area contributed by atoms with Crippen LogP contribution in [0.5, 0.6) is 5.88 Å². The van der Waals surface area contributed by atoms with E-state index in [0.29, 0.717) is 54.8 Å². The SMILES string of the molecule is Cc1cc2cc(n1)-c1cnn(C)c1OCCC[C@@H](C1CC1)CN1/C(=N/C2=O)Nc2cc(NC3(C)COC3)ccc21. The first-order valence-corrected chi connectivity index (χ1v) is 14.2. The van der Waals surface area contributed by atoms with Gasteiger partial charge in [-0.3, -0.25) is 9.78 Å². The Morgan fingerprint density at radius 2 is 1.98 bits per heavy atom. The molecule has 1 aromatic carbocycles. The quantitative estimate of drug-likeness (QED) is 0.495. The highest BCUT2D eigenvalue weighted by atomic mass is 16.5. The van der Waals surface area contributed by atoms with Gasteiger partial charge in [0.05, 0.1) is 54.2 Å². The number of amides is 1. The molecule has 7 rings (SSSR count). The van der Waals surface area contributed by atoms with Crippen molar-refractivity contribution in [3.8, 4) is 17.1 Å². The molecule has 2 N–H and O–H groups in total. The Kier molecular flexibility index (Phi) is 6.03. The van der Waals surface area contributed by atoms with E-state index in [1.54, 1.807) is 23.0 Å². The van der Waals surface area contributed by atoms with Crippen molar-refractivity contribution in [1.29, 1.82) is 0 Å². The molecule has 1 aliphatic carbocycles. The summed E-state index contributed by atoms with van der Waals surface area (Å²) in [5, 5.41) is 11.5. The van der Waals surface area contributed by atoms with E-state index < -0.39 is 0 Å². The zero-order chi connectivity index (χ0) is 27.4. The van der Waals surface area contributed by atoms with Crippen LogP contribution in [0.1, 0.15) is 48.7 Å². The molecule has 1 atom stereocenters. The Balaban J connectivity index is 1.27. The van der Waals surface area contributed by atoms with Gasteiger partial charge in [-0.25, -0.2) is 4.68 Å². The van der Waals surface area contributed by atoms with Crippen molar-refractivity contribution in [2.24, 2.45) is 23.9 Å². The molecular weight excluding hydrogens is 506 g/mol. The third-order valence-corrected chi connectivity index (χ3v) is 8.31. The van der Waals surface area contributed by atoms with Gasteiger partial charge in [0, 0.05) is 30.5 Å². The van der Waals surface area contributed by atoms with Crippen molar-refractivity contribution >= 4 is 28.9 Å². The number of guanidine groups is 1. The number of benzene rings is 1. The fraction of sp³-hybridized carbons (Fsp3) is 0.467. The molecule has 1 amide bonds. The monoisotopic (exact) mass is 541 g/mol. The van der Waals surface area contributed by atoms with Crippen LogP contribution in [0.3, 0.4) is 0 Å². The lowest BCUT2D eigenvalue weighted by Crippen LogP contribution is -2.53. The zero-order valence-corrected chi connectivity index (χ0v) is 23.2. The minimum atomic E-state index is -0.311. The molecule has 2 fully saturated rings. The van der Waals surface area contributed by atoms with Gasteiger partial charge in [0.15, 0.2) is 0 Å². The van der Waals surface area contributed by atoms with Gasteiger partial charge in [-0.1, -0.05) is 0 Å². The second-order valence-corrected chi connectivity index (χ2v) is 11.8. The third kappa shape index (κ3) is 4.70. The lowest BCUT2D eigenvalue weighted by molar-refractivity contribution is -0.0318. The fourth-order valence-electron chi connectivity index (χ4n) is 6.01. The number of nitrogens with zero attached hydrogens (tertiary/aromatic N) is 5. The van der Waals surface area contributed by atoms with E-state index in [1.807, 2.05) is 14.0 Å². The van der Waals surface area contributed by atoms with Crippen molar-refractivity contribution in [3.63, 3.8) is 0 Å². The van der Waals surface area contributed by atoms with Crippen LogP contribution >= 0.6 is 0 Å². The van der Waals surface area contributed by atoms with Gasteiger partial charge in [-0.05, 0) is 81.7 Å². The van der Waals surface area contributed by atoms with Crippen LogP contribution in [0.15, 0.2) is 41.5 Å². The number of hydrogen-bond donors (Lipinski definition) is 2. The topological polar surface area (TPSA) is 106 Å². The highest BCUT2D eigenvalue weighted by Gasteiger charge is 2.37. The van der Waals surface area contributed by atoms with Crippen LogP contribution in [-0.4, -0.2) is 58.5 Å². The molecule has 3 aliphatic heterocycles. The summed E-state index contributed by atoms with van der Waals surface area (Å²) in [5.41, 5.74) is 5.60. The standard InChI is InChI=1S/C30H35N7O3/c1-18-11-21-12-24(32-18)23-14-31-36(3)28(23)40-10-4-5-20(19-6-7-19)15-37-26-9-8-22(35-30(2)16-39-17-30)13-25(26)33-29(37)34-27(21)38/h8-9,11-14,19-20,35H,4-7,10,15-17H2,1-3H3,(H,33,34,38)/t20-/m1/s1. The fourth-order valence-corrected chi connectivity index (χ4v) is 6.01. The van der Waals surface area contributed by atoms with Gasteiger partial charge in [0.1, 0.15) is 0 Å². The summed E-state index contributed by atoms with van der Waals surface area (Å²) in [4.78, 5) is 25.2. The number of pyridine rings is 1. The summed E-state index contributed by atoms with van der Waals surface area (Å²) >= 11 is 0. The van der Waals surface area contributed by atoms with E-state index in [4.69, 9.17) is 14.5 Å². The number of carbonyl (C=O) groups is 1. The molecule has 2 bridgehead atoms. The van der Waals surface area contributed by atoms with Crippen LogP contribution in [0.25, 0.3) is 11.3 Å². The number of anilines is 3. The highest BCUT2D eigenvalue weighted by molar-refractivity contribution is 6.19. The van der Waals surface area contributed by atoms with Crippen molar-refractivity contribution in [2.75, 3.05) is 41.9 Å². The van der Waals surface area contributed by atoms with Crippen molar-refractivity contribution in [3.05, 3.63) is 47.8 Å². The van der Waals surface area contributed by atoms with E-state index in [9.17, 15) is 4.79 Å². The Labute approximate surface area is 233 Å². The van der Waals surface area contributed by atoms with E-state index in [0.717, 1.165) is 47.7 Å². The van der Waals surface area contributed by atoms with Gasteiger partial charge >= 0.3 is 0 Å². The molecule has 1 saturated carbocycles. The second kappa shape index (κ2) is 9.62. The maximum absolute atomic E-state index is 13.6. The number of fused-ring (bicyclic) bond motifs is 7. The molecule has 3 aromatic rings. The third-order valence-electron chi connectivity index (χ3n) is 8.31. The molecule has 2 aromatic heterocycles. The zero-order valence-electron chi connectivity index (χ0n) is 23.2. The largest absolute Gasteiger partial charge is 0.477 e. The predicted molar refractivity (Wildman–Crippen MR) is 154 cm³/mol. The minimum Gasteiger partial charge on any atom is -0.477 e. The van der Waals surface area contributed by atoms with Crippen molar-refractivity contribution in [1.82, 2.24) is 14.8 Å². The highest BCUT2D eigenvalue weighted by Crippen LogP contribution is 2.43. The molecule has 208 valence electrons. The molecule has 10 nitrogen and oxygen atoms in total. The number of nitrogens with one attached hydrogen (secondary N) is 2. The number of aliphatic imine (C=N–C) groups is 1. The minimum absolute atomic E-state index is 0.0609. The van der Waals surface area contributed by atoms with E-state index in [1.165, 1.54) is 12.8 Å². The molecule has 0 radical (unpaired) electrons. The van der Waals surface area contributed by atoms with Crippen molar-refractivity contribution in [2.45, 2.75) is 45.1 Å². The molecule has 1 saturated heterocycles. The summed E-state index contributed by atoms with van der Waals surface area (Å²) in [6.07, 6.45) is 6.21. The normalized spacial score (nSPS) is 23.2. The Morgan fingerprint density at radius 3 is 2.75 bits per heavy atom. The van der Waals surface area contributed by atoms with Gasteiger partial charge < -0.3 is 25.0 Å². The Bertz CT molecular complexity index is 1500. The van der Waals surface area contributed by atoms with Crippen LogP contribution in [0, 0.1) is 18.8 Å². The number of ether oxygens (including phenoxy) is 2. The van der Waals surface area contributed by atoms with Gasteiger partial charge in [-0.15, -0.1) is 0 Å². The molecule has 4 aliphatic rings. The number of carbonyl (C=O) groups excluding carboxylic acids is 1. The maximum atomic E-state index is 13.6.